The molecule has 2 fully saturated rings. The molecule has 1 aromatic rings. The Balaban J connectivity index is 1.64. The van der Waals surface area contributed by atoms with Crippen LogP contribution < -0.4 is 0 Å². The molecular weight excluding hydrogens is 343 g/mol. The van der Waals surface area contributed by atoms with E-state index in [-0.39, 0.29) is 24.2 Å². The number of methoxy groups -OCH3 is 1. The molecule has 6 nitrogen and oxygen atoms in total. The lowest BCUT2D eigenvalue weighted by atomic mass is 10.1. The van der Waals surface area contributed by atoms with E-state index in [4.69, 9.17) is 23.7 Å². The van der Waals surface area contributed by atoms with Gasteiger partial charge in [-0.3, -0.25) is 0 Å². The van der Waals surface area contributed by atoms with E-state index >= 15 is 0 Å². The Morgan fingerprint density at radius 1 is 1.20 bits per heavy atom. The molecule has 2 aliphatic rings. The molecule has 0 aromatic heterocycles. The van der Waals surface area contributed by atoms with Gasteiger partial charge in [0.25, 0.3) is 0 Å². The summed E-state index contributed by atoms with van der Waals surface area (Å²) in [5, 5.41) is 0. The van der Waals surface area contributed by atoms with Crippen LogP contribution >= 0.6 is 7.80 Å². The molecule has 0 N–H and O–H groups in total. The summed E-state index contributed by atoms with van der Waals surface area (Å²) < 4.78 is 41.4. The van der Waals surface area contributed by atoms with Crippen LogP contribution in [0.2, 0.25) is 0 Å². The van der Waals surface area contributed by atoms with Gasteiger partial charge in [-0.2, -0.15) is 0 Å². The van der Waals surface area contributed by atoms with Crippen molar-refractivity contribution in [2.45, 2.75) is 63.1 Å². The lowest BCUT2D eigenvalue weighted by Crippen LogP contribution is -2.32. The smallest absolute Gasteiger partial charge is 0.186 e. The molecule has 0 saturated carbocycles. The molecule has 0 radical (unpaired) electrons. The normalized spacial score (nSPS) is 33.1. The van der Waals surface area contributed by atoms with Crippen molar-refractivity contribution in [3.05, 3.63) is 35.9 Å². The Hall–Kier alpha value is -0.750. The maximum absolute atomic E-state index is 12.2. The first kappa shape index (κ1) is 19.0. The van der Waals surface area contributed by atoms with E-state index < -0.39 is 19.9 Å². The largest absolute Gasteiger partial charge is 0.366 e. The number of rotatable bonds is 7. The maximum Gasteiger partial charge on any atom is 0.186 e. The van der Waals surface area contributed by atoms with Gasteiger partial charge in [0.05, 0.1) is 12.7 Å². The molecule has 7 heteroatoms. The zero-order valence-electron chi connectivity index (χ0n) is 15.1. The molecule has 0 amide bonds. The number of fused-ring (bicyclic) bond motifs is 1. The molecule has 6 atom stereocenters. The van der Waals surface area contributed by atoms with Crippen molar-refractivity contribution in [2.24, 2.45) is 0 Å². The van der Waals surface area contributed by atoms with Gasteiger partial charge in [0.1, 0.15) is 25.9 Å². The molecule has 3 rings (SSSR count). The van der Waals surface area contributed by atoms with Crippen LogP contribution in [0.25, 0.3) is 0 Å². The summed E-state index contributed by atoms with van der Waals surface area (Å²) in [7, 11) is -0.311. The number of hydrogen-bond donors (Lipinski definition) is 0. The van der Waals surface area contributed by atoms with Gasteiger partial charge < -0.3 is 28.2 Å². The SMILES string of the molecule is CO[C@@H]1O[C@H](CC(OCc2ccccc2)[PH](C)=O)[C@H]2OC(C)(C)O[C@@H]12. The minimum Gasteiger partial charge on any atom is -0.366 e. The first-order chi connectivity index (χ1) is 11.9. The average molecular weight is 370 g/mol. The van der Waals surface area contributed by atoms with Crippen molar-refractivity contribution in [3.8, 4) is 0 Å². The fourth-order valence-electron chi connectivity index (χ4n) is 3.36. The highest BCUT2D eigenvalue weighted by atomic mass is 31.1. The lowest BCUT2D eigenvalue weighted by molar-refractivity contribution is -0.229. The van der Waals surface area contributed by atoms with Gasteiger partial charge in [-0.1, -0.05) is 30.3 Å². The second kappa shape index (κ2) is 7.87. The third-order valence-electron chi connectivity index (χ3n) is 4.53. The van der Waals surface area contributed by atoms with Gasteiger partial charge >= 0.3 is 0 Å². The van der Waals surface area contributed by atoms with Crippen molar-refractivity contribution >= 4 is 7.80 Å². The number of hydrogen-bond acceptors (Lipinski definition) is 6. The second-order valence-corrected chi connectivity index (χ2v) is 8.84. The van der Waals surface area contributed by atoms with Gasteiger partial charge in [-0.15, -0.1) is 0 Å². The summed E-state index contributed by atoms with van der Waals surface area (Å²) in [5.41, 5.74) is 1.05. The highest BCUT2D eigenvalue weighted by Gasteiger charge is 2.55. The molecule has 0 bridgehead atoms. The quantitative estimate of drug-likeness (QED) is 0.688. The Labute approximate surface area is 149 Å². The van der Waals surface area contributed by atoms with Crippen molar-refractivity contribution in [3.63, 3.8) is 0 Å². The molecule has 0 aliphatic carbocycles. The summed E-state index contributed by atoms with van der Waals surface area (Å²) in [6, 6.07) is 9.86. The average Bonchev–Trinajstić information content (AvgIpc) is 3.05. The lowest BCUT2D eigenvalue weighted by Gasteiger charge is -2.25. The van der Waals surface area contributed by atoms with Crippen molar-refractivity contribution in [1.29, 1.82) is 0 Å². The minimum atomic E-state index is -1.90. The third-order valence-corrected chi connectivity index (χ3v) is 5.84. The number of benzene rings is 1. The van der Waals surface area contributed by atoms with Gasteiger partial charge in [-0.25, -0.2) is 0 Å². The Morgan fingerprint density at radius 2 is 1.88 bits per heavy atom. The van der Waals surface area contributed by atoms with E-state index in [2.05, 4.69) is 0 Å². The maximum atomic E-state index is 12.2. The zero-order chi connectivity index (χ0) is 18.0. The highest BCUT2D eigenvalue weighted by Crippen LogP contribution is 2.42. The highest BCUT2D eigenvalue weighted by molar-refractivity contribution is 7.44. The first-order valence-corrected chi connectivity index (χ1v) is 10.6. The van der Waals surface area contributed by atoms with E-state index in [1.165, 1.54) is 0 Å². The summed E-state index contributed by atoms with van der Waals surface area (Å²) in [4.78, 5) is 0. The summed E-state index contributed by atoms with van der Waals surface area (Å²) in [6.45, 7) is 5.89. The van der Waals surface area contributed by atoms with Crippen molar-refractivity contribution in [2.75, 3.05) is 13.8 Å². The van der Waals surface area contributed by atoms with Gasteiger partial charge in [0.15, 0.2) is 12.1 Å². The van der Waals surface area contributed by atoms with E-state index in [1.54, 1.807) is 13.8 Å². The molecule has 25 heavy (non-hydrogen) atoms. The fraction of sp³-hybridized carbons (Fsp3) is 0.667. The van der Waals surface area contributed by atoms with Crippen LogP contribution in [0.5, 0.6) is 0 Å². The molecule has 2 saturated heterocycles. The summed E-state index contributed by atoms with van der Waals surface area (Å²) in [6.07, 6.45) is -0.790. The fourth-order valence-corrected chi connectivity index (χ4v) is 4.24. The number of ether oxygens (including phenoxy) is 5. The predicted molar refractivity (Wildman–Crippen MR) is 94.1 cm³/mol. The Morgan fingerprint density at radius 3 is 2.52 bits per heavy atom. The molecule has 2 unspecified atom stereocenters. The van der Waals surface area contributed by atoms with Crippen LogP contribution in [0, 0.1) is 0 Å². The molecule has 1 aromatic carbocycles. The van der Waals surface area contributed by atoms with Crippen molar-refractivity contribution < 1.29 is 28.2 Å². The van der Waals surface area contributed by atoms with Gasteiger partial charge in [0, 0.05) is 13.5 Å². The van der Waals surface area contributed by atoms with Crippen LogP contribution in [0.3, 0.4) is 0 Å². The third kappa shape index (κ3) is 4.51. The van der Waals surface area contributed by atoms with E-state index in [9.17, 15) is 4.57 Å². The van der Waals surface area contributed by atoms with E-state index in [1.807, 2.05) is 44.2 Å². The molecule has 140 valence electrons. The van der Waals surface area contributed by atoms with Crippen LogP contribution in [-0.4, -0.2) is 50.0 Å². The Bertz CT molecular complexity index is 592. The van der Waals surface area contributed by atoms with Gasteiger partial charge in [-0.05, 0) is 26.1 Å². The molecule has 2 heterocycles. The monoisotopic (exact) mass is 370 g/mol. The van der Waals surface area contributed by atoms with Gasteiger partial charge in [0.2, 0.25) is 0 Å². The van der Waals surface area contributed by atoms with E-state index in [0.717, 1.165) is 5.56 Å². The summed E-state index contributed by atoms with van der Waals surface area (Å²) >= 11 is 0. The predicted octanol–water partition coefficient (Wildman–Crippen LogP) is 3.00. The topological polar surface area (TPSA) is 63.2 Å². The molecule has 0 spiro atoms. The van der Waals surface area contributed by atoms with Crippen LogP contribution in [0.15, 0.2) is 30.3 Å². The Kier molecular flexibility index (Phi) is 5.99. The summed E-state index contributed by atoms with van der Waals surface area (Å²) in [5.74, 6) is -1.05. The van der Waals surface area contributed by atoms with Crippen LogP contribution in [0.1, 0.15) is 25.8 Å². The zero-order valence-corrected chi connectivity index (χ0v) is 16.1. The first-order valence-electron chi connectivity index (χ1n) is 8.59. The standard InChI is InChI=1S/C18H27O6P/c1-18(2)23-15-13(22-17(20-3)16(15)24-18)10-14(25(4)19)21-11-12-8-6-5-7-9-12/h5-9,13-17,25H,10-11H2,1-4H3/t13-,14?,15-,16-,17-/m1/s1. The van der Waals surface area contributed by atoms with Crippen LogP contribution in [-0.2, 0) is 34.9 Å². The van der Waals surface area contributed by atoms with Crippen molar-refractivity contribution in [1.82, 2.24) is 0 Å². The molecule has 2 aliphatic heterocycles. The van der Waals surface area contributed by atoms with Crippen LogP contribution in [0.4, 0.5) is 0 Å². The second-order valence-electron chi connectivity index (χ2n) is 6.97. The molecular formula is C18H27O6P. The van der Waals surface area contributed by atoms with E-state index in [0.29, 0.717) is 13.0 Å². The minimum absolute atomic E-state index is 0.246.